The van der Waals surface area contributed by atoms with Crippen LogP contribution in [0.2, 0.25) is 0 Å². The molecule has 0 bridgehead atoms. The lowest BCUT2D eigenvalue weighted by atomic mass is 10.2. The molecular formula is C15H22N4O2. The predicted octanol–water partition coefficient (Wildman–Crippen LogP) is 1.66. The maximum atomic E-state index is 12.7. The first-order valence-electron chi connectivity index (χ1n) is 7.39. The first-order valence-corrected chi connectivity index (χ1v) is 7.39. The molecule has 0 aliphatic heterocycles. The van der Waals surface area contributed by atoms with E-state index in [4.69, 9.17) is 0 Å². The standard InChI is InChI=1S/C15H22N4O2/c1-3-4-5-8-18(10-11-20)15(21)13-12(2)17-19-9-6-7-16-14(13)19/h6-7,9,20H,3-5,8,10-11H2,1-2H3. The highest BCUT2D eigenvalue weighted by Crippen LogP contribution is 2.16. The first kappa shape index (κ1) is 15.4. The van der Waals surface area contributed by atoms with Gasteiger partial charge in [-0.25, -0.2) is 9.50 Å². The van der Waals surface area contributed by atoms with Gasteiger partial charge in [-0.3, -0.25) is 4.79 Å². The van der Waals surface area contributed by atoms with Crippen LogP contribution in [0, 0.1) is 6.92 Å². The molecule has 0 fully saturated rings. The van der Waals surface area contributed by atoms with E-state index in [-0.39, 0.29) is 12.5 Å². The van der Waals surface area contributed by atoms with E-state index < -0.39 is 0 Å². The highest BCUT2D eigenvalue weighted by atomic mass is 16.3. The third-order valence-electron chi connectivity index (χ3n) is 3.47. The van der Waals surface area contributed by atoms with Crippen molar-refractivity contribution in [1.82, 2.24) is 19.5 Å². The van der Waals surface area contributed by atoms with Crippen molar-refractivity contribution in [1.29, 1.82) is 0 Å². The minimum Gasteiger partial charge on any atom is -0.395 e. The molecule has 1 N–H and O–H groups in total. The number of aliphatic hydroxyl groups is 1. The molecule has 2 heterocycles. The minimum atomic E-state index is -0.105. The quantitative estimate of drug-likeness (QED) is 0.787. The van der Waals surface area contributed by atoms with E-state index >= 15 is 0 Å². The fourth-order valence-electron chi connectivity index (χ4n) is 2.39. The van der Waals surface area contributed by atoms with Gasteiger partial charge in [0.05, 0.1) is 12.3 Å². The molecule has 0 aliphatic carbocycles. The van der Waals surface area contributed by atoms with Crippen LogP contribution in [0.25, 0.3) is 5.65 Å². The lowest BCUT2D eigenvalue weighted by Crippen LogP contribution is -2.34. The number of carbonyl (C=O) groups is 1. The molecule has 21 heavy (non-hydrogen) atoms. The van der Waals surface area contributed by atoms with E-state index in [1.807, 2.05) is 6.92 Å². The summed E-state index contributed by atoms with van der Waals surface area (Å²) in [6.45, 7) is 4.88. The van der Waals surface area contributed by atoms with E-state index in [1.165, 1.54) is 0 Å². The van der Waals surface area contributed by atoms with Crippen LogP contribution in [-0.2, 0) is 0 Å². The van der Waals surface area contributed by atoms with Crippen LogP contribution in [0.5, 0.6) is 0 Å². The van der Waals surface area contributed by atoms with Gasteiger partial charge >= 0.3 is 0 Å². The number of amides is 1. The summed E-state index contributed by atoms with van der Waals surface area (Å²) < 4.78 is 1.62. The van der Waals surface area contributed by atoms with Crippen LogP contribution < -0.4 is 0 Å². The molecule has 0 unspecified atom stereocenters. The molecule has 0 spiro atoms. The first-order chi connectivity index (χ1) is 10.2. The second kappa shape index (κ2) is 7.17. The average Bonchev–Trinajstić information content (AvgIpc) is 2.81. The molecule has 1 amide bonds. The molecule has 0 saturated heterocycles. The Hall–Kier alpha value is -1.95. The fourth-order valence-corrected chi connectivity index (χ4v) is 2.39. The Morgan fingerprint density at radius 2 is 2.19 bits per heavy atom. The van der Waals surface area contributed by atoms with E-state index in [9.17, 15) is 9.90 Å². The number of hydrogen-bond acceptors (Lipinski definition) is 4. The predicted molar refractivity (Wildman–Crippen MR) is 80.2 cm³/mol. The number of unbranched alkanes of at least 4 members (excludes halogenated alkanes) is 2. The molecule has 2 aromatic heterocycles. The van der Waals surface area contributed by atoms with Crippen molar-refractivity contribution in [2.45, 2.75) is 33.1 Å². The van der Waals surface area contributed by atoms with Gasteiger partial charge in [0, 0.05) is 25.5 Å². The molecule has 114 valence electrons. The summed E-state index contributed by atoms with van der Waals surface area (Å²) in [5.74, 6) is -0.105. The van der Waals surface area contributed by atoms with Gasteiger partial charge in [0.15, 0.2) is 5.65 Å². The van der Waals surface area contributed by atoms with Crippen LogP contribution in [0.1, 0.15) is 42.2 Å². The van der Waals surface area contributed by atoms with Crippen molar-refractivity contribution in [2.24, 2.45) is 0 Å². The molecule has 0 atom stereocenters. The van der Waals surface area contributed by atoms with Gasteiger partial charge in [0.25, 0.3) is 5.91 Å². The topological polar surface area (TPSA) is 70.7 Å². The second-order valence-electron chi connectivity index (χ2n) is 5.07. The molecule has 2 aromatic rings. The Balaban J connectivity index is 2.27. The lowest BCUT2D eigenvalue weighted by Gasteiger charge is -2.21. The van der Waals surface area contributed by atoms with Crippen molar-refractivity contribution >= 4 is 11.6 Å². The third-order valence-corrected chi connectivity index (χ3v) is 3.47. The zero-order valence-corrected chi connectivity index (χ0v) is 12.6. The number of hydrogen-bond donors (Lipinski definition) is 1. The lowest BCUT2D eigenvalue weighted by molar-refractivity contribution is 0.0719. The molecule has 6 nitrogen and oxygen atoms in total. The van der Waals surface area contributed by atoms with Gasteiger partial charge in [0.1, 0.15) is 5.56 Å². The SMILES string of the molecule is CCCCCN(CCO)C(=O)c1c(C)nn2cccnc12. The Bertz CT molecular complexity index is 609. The van der Waals surface area contributed by atoms with Gasteiger partial charge in [0.2, 0.25) is 0 Å². The molecule has 2 rings (SSSR count). The van der Waals surface area contributed by atoms with Crippen molar-refractivity contribution < 1.29 is 9.90 Å². The zero-order chi connectivity index (χ0) is 15.2. The summed E-state index contributed by atoms with van der Waals surface area (Å²) in [6, 6.07) is 1.78. The van der Waals surface area contributed by atoms with Crippen molar-refractivity contribution in [2.75, 3.05) is 19.7 Å². The summed E-state index contributed by atoms with van der Waals surface area (Å²) >= 11 is 0. The van der Waals surface area contributed by atoms with Crippen LogP contribution in [0.15, 0.2) is 18.5 Å². The van der Waals surface area contributed by atoms with Gasteiger partial charge in [-0.05, 0) is 19.4 Å². The molecule has 0 saturated carbocycles. The normalized spacial score (nSPS) is 11.0. The summed E-state index contributed by atoms with van der Waals surface area (Å²) in [7, 11) is 0. The minimum absolute atomic E-state index is 0.0381. The van der Waals surface area contributed by atoms with E-state index in [2.05, 4.69) is 17.0 Å². The number of aromatic nitrogens is 3. The van der Waals surface area contributed by atoms with Crippen LogP contribution in [0.4, 0.5) is 0 Å². The number of nitrogens with zero attached hydrogens (tertiary/aromatic N) is 4. The van der Waals surface area contributed by atoms with Crippen molar-refractivity contribution in [3.8, 4) is 0 Å². The molecule has 6 heteroatoms. The van der Waals surface area contributed by atoms with Gasteiger partial charge < -0.3 is 10.0 Å². The van der Waals surface area contributed by atoms with Gasteiger partial charge in [-0.15, -0.1) is 0 Å². The van der Waals surface area contributed by atoms with E-state index in [0.717, 1.165) is 19.3 Å². The summed E-state index contributed by atoms with van der Waals surface area (Å²) in [6.07, 6.45) is 6.54. The summed E-state index contributed by atoms with van der Waals surface area (Å²) in [4.78, 5) is 18.7. The van der Waals surface area contributed by atoms with Crippen LogP contribution in [0.3, 0.4) is 0 Å². The van der Waals surface area contributed by atoms with Crippen molar-refractivity contribution in [3.05, 3.63) is 29.7 Å². The average molecular weight is 290 g/mol. The maximum Gasteiger partial charge on any atom is 0.259 e. The number of rotatable bonds is 7. The molecule has 0 aliphatic rings. The fraction of sp³-hybridized carbons (Fsp3) is 0.533. The second-order valence-corrected chi connectivity index (χ2v) is 5.07. The Kier molecular flexibility index (Phi) is 5.27. The largest absolute Gasteiger partial charge is 0.395 e. The Labute approximate surface area is 124 Å². The summed E-state index contributed by atoms with van der Waals surface area (Å²) in [5.41, 5.74) is 1.76. The number of aryl methyl sites for hydroxylation is 1. The Morgan fingerprint density at radius 3 is 2.90 bits per heavy atom. The molecular weight excluding hydrogens is 268 g/mol. The van der Waals surface area contributed by atoms with Gasteiger partial charge in [-0.1, -0.05) is 19.8 Å². The molecule has 0 aromatic carbocycles. The maximum absolute atomic E-state index is 12.7. The zero-order valence-electron chi connectivity index (χ0n) is 12.6. The Morgan fingerprint density at radius 1 is 1.38 bits per heavy atom. The monoisotopic (exact) mass is 290 g/mol. The van der Waals surface area contributed by atoms with Gasteiger partial charge in [-0.2, -0.15) is 5.10 Å². The number of aliphatic hydroxyl groups excluding tert-OH is 1. The number of carbonyl (C=O) groups excluding carboxylic acids is 1. The van der Waals surface area contributed by atoms with Crippen LogP contribution >= 0.6 is 0 Å². The highest BCUT2D eigenvalue weighted by Gasteiger charge is 2.23. The highest BCUT2D eigenvalue weighted by molar-refractivity contribution is 6.01. The molecule has 0 radical (unpaired) electrons. The van der Waals surface area contributed by atoms with Crippen molar-refractivity contribution in [3.63, 3.8) is 0 Å². The third kappa shape index (κ3) is 3.39. The van der Waals surface area contributed by atoms with E-state index in [0.29, 0.717) is 30.0 Å². The van der Waals surface area contributed by atoms with E-state index in [1.54, 1.807) is 27.9 Å². The van der Waals surface area contributed by atoms with Crippen LogP contribution in [-0.4, -0.2) is 50.2 Å². The number of fused-ring (bicyclic) bond motifs is 1. The smallest absolute Gasteiger partial charge is 0.259 e. The summed E-state index contributed by atoms with van der Waals surface area (Å²) in [5, 5.41) is 13.5.